The zero-order chi connectivity index (χ0) is 15.6. The van der Waals surface area contributed by atoms with E-state index in [2.05, 4.69) is 0 Å². The Bertz CT molecular complexity index is 584. The van der Waals surface area contributed by atoms with Crippen LogP contribution >= 0.6 is 23.2 Å². The van der Waals surface area contributed by atoms with Crippen LogP contribution in [0.1, 0.15) is 38.2 Å². The Balaban J connectivity index is 2.18. The summed E-state index contributed by atoms with van der Waals surface area (Å²) < 4.78 is 18.9. The fraction of sp³-hybridized carbons (Fsp3) is 0.438. The van der Waals surface area contributed by atoms with Crippen molar-refractivity contribution in [1.82, 2.24) is 0 Å². The van der Waals surface area contributed by atoms with E-state index in [9.17, 15) is 9.18 Å². The molecule has 2 atom stereocenters. The van der Waals surface area contributed by atoms with Gasteiger partial charge in [0.1, 0.15) is 0 Å². The van der Waals surface area contributed by atoms with Gasteiger partial charge < -0.3 is 4.74 Å². The third-order valence-corrected chi connectivity index (χ3v) is 4.47. The molecule has 2 rings (SSSR count). The highest BCUT2D eigenvalue weighted by Crippen LogP contribution is 2.54. The highest BCUT2D eigenvalue weighted by Gasteiger charge is 2.42. The number of carbonyl (C=O) groups is 1. The van der Waals surface area contributed by atoms with Gasteiger partial charge in [-0.25, -0.2) is 4.79 Å². The summed E-state index contributed by atoms with van der Waals surface area (Å²) in [5.74, 6) is -1.38. The third kappa shape index (κ3) is 3.58. The van der Waals surface area contributed by atoms with Crippen molar-refractivity contribution in [1.29, 1.82) is 0 Å². The Morgan fingerprint density at radius 2 is 2.05 bits per heavy atom. The van der Waals surface area contributed by atoms with E-state index in [1.54, 1.807) is 13.0 Å². The minimum Gasteiger partial charge on any atom is -0.461 e. The van der Waals surface area contributed by atoms with Crippen LogP contribution in [-0.4, -0.2) is 12.6 Å². The Hall–Kier alpha value is -1.06. The topological polar surface area (TPSA) is 26.3 Å². The van der Waals surface area contributed by atoms with E-state index < -0.39 is 11.8 Å². The molecule has 0 aromatic heterocycles. The largest absolute Gasteiger partial charge is 0.461 e. The summed E-state index contributed by atoms with van der Waals surface area (Å²) in [5, 5.41) is 0.995. The number of allylic oxidation sites excluding steroid dienone is 1. The van der Waals surface area contributed by atoms with Crippen LogP contribution in [-0.2, 0) is 9.53 Å². The molecule has 1 saturated carbocycles. The molecule has 0 aliphatic heterocycles. The van der Waals surface area contributed by atoms with Gasteiger partial charge in [0, 0.05) is 0 Å². The van der Waals surface area contributed by atoms with Crippen LogP contribution in [0.4, 0.5) is 4.39 Å². The van der Waals surface area contributed by atoms with E-state index in [0.717, 1.165) is 12.0 Å². The average molecular weight is 331 g/mol. The maximum Gasteiger partial charge on any atom is 0.367 e. The summed E-state index contributed by atoms with van der Waals surface area (Å²) in [5.41, 5.74) is 1.56. The summed E-state index contributed by atoms with van der Waals surface area (Å²) in [6.45, 7) is 3.68. The molecule has 1 aromatic carbocycles. The number of rotatable bonds is 5. The van der Waals surface area contributed by atoms with Gasteiger partial charge in [0.05, 0.1) is 16.7 Å². The minimum atomic E-state index is -0.867. The first-order valence-corrected chi connectivity index (χ1v) is 7.75. The zero-order valence-corrected chi connectivity index (χ0v) is 13.5. The van der Waals surface area contributed by atoms with Crippen molar-refractivity contribution in [2.45, 2.75) is 32.6 Å². The van der Waals surface area contributed by atoms with E-state index in [-0.39, 0.29) is 18.4 Å². The number of benzene rings is 1. The Morgan fingerprint density at radius 3 is 2.62 bits per heavy atom. The smallest absolute Gasteiger partial charge is 0.367 e. The van der Waals surface area contributed by atoms with Gasteiger partial charge in [0.2, 0.25) is 5.83 Å². The molecule has 1 aliphatic rings. The van der Waals surface area contributed by atoms with Crippen LogP contribution in [0.3, 0.4) is 0 Å². The van der Waals surface area contributed by atoms with E-state index in [1.807, 2.05) is 19.1 Å². The second-order valence-corrected chi connectivity index (χ2v) is 5.85. The standard InChI is InChI=1S/C16H17Cl2FO2/c1-3-10(15(19)16(20)21-4-2)12-8-11(12)9-5-6-13(17)14(18)7-9/h5-7,11-12H,3-4,8H2,1-2H3. The van der Waals surface area contributed by atoms with Gasteiger partial charge in [0.25, 0.3) is 0 Å². The van der Waals surface area contributed by atoms with Crippen LogP contribution in [0.25, 0.3) is 0 Å². The quantitative estimate of drug-likeness (QED) is 0.541. The summed E-state index contributed by atoms with van der Waals surface area (Å²) in [7, 11) is 0. The lowest BCUT2D eigenvalue weighted by atomic mass is 10.0. The predicted octanol–water partition coefficient (Wildman–Crippen LogP) is 5.29. The number of ether oxygens (including phenoxy) is 1. The fourth-order valence-electron chi connectivity index (χ4n) is 2.60. The molecule has 114 valence electrons. The lowest BCUT2D eigenvalue weighted by molar-refractivity contribution is -0.140. The van der Waals surface area contributed by atoms with Crippen LogP contribution in [0.15, 0.2) is 29.6 Å². The summed E-state index contributed by atoms with van der Waals surface area (Å²) >= 11 is 11.9. The van der Waals surface area contributed by atoms with Gasteiger partial charge in [-0.05, 0) is 54.9 Å². The van der Waals surface area contributed by atoms with E-state index in [1.165, 1.54) is 0 Å². The van der Waals surface area contributed by atoms with Crippen molar-refractivity contribution >= 4 is 29.2 Å². The molecule has 0 N–H and O–H groups in total. The second-order valence-electron chi connectivity index (χ2n) is 5.04. The Morgan fingerprint density at radius 1 is 1.33 bits per heavy atom. The predicted molar refractivity (Wildman–Crippen MR) is 82.4 cm³/mol. The Kier molecular flexibility index (Phi) is 5.28. The zero-order valence-electron chi connectivity index (χ0n) is 12.0. The molecule has 5 heteroatoms. The maximum absolute atomic E-state index is 14.1. The molecule has 2 unspecified atom stereocenters. The minimum absolute atomic E-state index is 0.0386. The van der Waals surface area contributed by atoms with E-state index in [0.29, 0.717) is 22.0 Å². The van der Waals surface area contributed by atoms with Crippen molar-refractivity contribution < 1.29 is 13.9 Å². The van der Waals surface area contributed by atoms with Crippen molar-refractivity contribution in [3.8, 4) is 0 Å². The highest BCUT2D eigenvalue weighted by molar-refractivity contribution is 6.42. The third-order valence-electron chi connectivity index (χ3n) is 3.73. The van der Waals surface area contributed by atoms with Crippen molar-refractivity contribution in [3.63, 3.8) is 0 Å². The molecular weight excluding hydrogens is 314 g/mol. The monoisotopic (exact) mass is 330 g/mol. The number of carbonyl (C=O) groups excluding carboxylic acids is 1. The van der Waals surface area contributed by atoms with Crippen molar-refractivity contribution in [2.75, 3.05) is 6.61 Å². The average Bonchev–Trinajstić information content (AvgIpc) is 3.23. The fourth-order valence-corrected chi connectivity index (χ4v) is 2.90. The Labute approximate surface area is 133 Å². The lowest BCUT2D eigenvalue weighted by Gasteiger charge is -2.08. The molecule has 0 radical (unpaired) electrons. The SMILES string of the molecule is CCOC(=O)C(F)=C(CC)C1CC1c1ccc(Cl)c(Cl)c1. The van der Waals surface area contributed by atoms with E-state index in [4.69, 9.17) is 27.9 Å². The van der Waals surface area contributed by atoms with Crippen LogP contribution in [0.5, 0.6) is 0 Å². The first kappa shape index (κ1) is 16.3. The van der Waals surface area contributed by atoms with Crippen molar-refractivity contribution in [3.05, 3.63) is 45.2 Å². The van der Waals surface area contributed by atoms with Gasteiger partial charge >= 0.3 is 5.97 Å². The molecule has 21 heavy (non-hydrogen) atoms. The van der Waals surface area contributed by atoms with Gasteiger partial charge in [-0.2, -0.15) is 4.39 Å². The van der Waals surface area contributed by atoms with Crippen LogP contribution < -0.4 is 0 Å². The maximum atomic E-state index is 14.1. The molecule has 1 aliphatic carbocycles. The normalized spacial score (nSPS) is 21.8. The molecule has 0 spiro atoms. The summed E-state index contributed by atoms with van der Waals surface area (Å²) in [6.07, 6.45) is 1.31. The summed E-state index contributed by atoms with van der Waals surface area (Å²) in [6, 6.07) is 5.45. The van der Waals surface area contributed by atoms with Crippen LogP contribution in [0.2, 0.25) is 10.0 Å². The first-order chi connectivity index (χ1) is 9.99. The van der Waals surface area contributed by atoms with Gasteiger partial charge in [-0.3, -0.25) is 0 Å². The summed E-state index contributed by atoms with van der Waals surface area (Å²) in [4.78, 5) is 11.5. The molecular formula is C16H17Cl2FO2. The molecule has 0 heterocycles. The molecule has 2 nitrogen and oxygen atoms in total. The molecule has 0 amide bonds. The highest BCUT2D eigenvalue weighted by atomic mass is 35.5. The molecule has 0 bridgehead atoms. The number of hydrogen-bond acceptors (Lipinski definition) is 2. The number of halogens is 3. The van der Waals surface area contributed by atoms with E-state index >= 15 is 0 Å². The lowest BCUT2D eigenvalue weighted by Crippen LogP contribution is -2.08. The van der Waals surface area contributed by atoms with Crippen LogP contribution in [0, 0.1) is 5.92 Å². The molecule has 1 fully saturated rings. The molecule has 0 saturated heterocycles. The van der Waals surface area contributed by atoms with Crippen molar-refractivity contribution in [2.24, 2.45) is 5.92 Å². The first-order valence-electron chi connectivity index (χ1n) is 7.00. The number of esters is 1. The number of hydrogen-bond donors (Lipinski definition) is 0. The second kappa shape index (κ2) is 6.80. The molecule has 1 aromatic rings. The van der Waals surface area contributed by atoms with Gasteiger partial charge in [-0.15, -0.1) is 0 Å². The van der Waals surface area contributed by atoms with Gasteiger partial charge in [0.15, 0.2) is 0 Å². The van der Waals surface area contributed by atoms with Gasteiger partial charge in [-0.1, -0.05) is 36.2 Å².